The largest absolute Gasteiger partial charge is 0.496 e. The van der Waals surface area contributed by atoms with Crippen molar-refractivity contribution in [3.05, 3.63) is 60.3 Å². The number of nitrogens with zero attached hydrogens (tertiary/aromatic N) is 4. The number of aryl methyl sites for hydroxylation is 2. The minimum Gasteiger partial charge on any atom is -0.496 e. The second kappa shape index (κ2) is 13.2. The molecule has 192 valence electrons. The zero-order valence-corrected chi connectivity index (χ0v) is 23.0. The van der Waals surface area contributed by atoms with Crippen LogP contribution in [0.5, 0.6) is 5.75 Å². The van der Waals surface area contributed by atoms with Gasteiger partial charge in [0.1, 0.15) is 11.4 Å². The number of methoxy groups -OCH3 is 1. The Bertz CT molecular complexity index is 1270. The van der Waals surface area contributed by atoms with E-state index in [0.717, 1.165) is 57.3 Å². The molecule has 4 aromatic rings. The van der Waals surface area contributed by atoms with Gasteiger partial charge in [-0.1, -0.05) is 64.6 Å². The first-order valence-electron chi connectivity index (χ1n) is 13.4. The van der Waals surface area contributed by atoms with Crippen LogP contribution in [-0.4, -0.2) is 46.4 Å². The quantitative estimate of drug-likeness (QED) is 0.206. The number of rotatable bonds is 11. The van der Waals surface area contributed by atoms with Crippen LogP contribution in [0.25, 0.3) is 39.1 Å². The second-order valence-corrected chi connectivity index (χ2v) is 8.89. The lowest BCUT2D eigenvalue weighted by Gasteiger charge is -2.19. The fourth-order valence-electron chi connectivity index (χ4n) is 4.75. The van der Waals surface area contributed by atoms with Crippen molar-refractivity contribution in [3.8, 4) is 17.0 Å². The molecule has 0 fully saturated rings. The highest BCUT2D eigenvalue weighted by atomic mass is 16.5. The smallest absolute Gasteiger partial charge is 0.128 e. The molecule has 0 aliphatic heterocycles. The highest BCUT2D eigenvalue weighted by Crippen LogP contribution is 2.36. The third-order valence-corrected chi connectivity index (χ3v) is 6.66. The summed E-state index contributed by atoms with van der Waals surface area (Å²) in [6.45, 7) is 16.0. The predicted octanol–water partition coefficient (Wildman–Crippen LogP) is 7.52. The van der Waals surface area contributed by atoms with Gasteiger partial charge in [-0.2, -0.15) is 5.10 Å². The molecule has 0 radical (unpaired) electrons. The predicted molar refractivity (Wildman–Crippen MR) is 155 cm³/mol. The summed E-state index contributed by atoms with van der Waals surface area (Å²) in [5.41, 5.74) is 6.35. The molecule has 0 aliphatic rings. The molecule has 36 heavy (non-hydrogen) atoms. The number of pyridine rings is 1. The van der Waals surface area contributed by atoms with E-state index >= 15 is 0 Å². The van der Waals surface area contributed by atoms with E-state index in [-0.39, 0.29) is 0 Å². The Hall–Kier alpha value is -3.18. The molecule has 2 aromatic heterocycles. The van der Waals surface area contributed by atoms with Gasteiger partial charge in [0.05, 0.1) is 24.3 Å². The van der Waals surface area contributed by atoms with E-state index < -0.39 is 0 Å². The summed E-state index contributed by atoms with van der Waals surface area (Å²) in [4.78, 5) is 7.21. The van der Waals surface area contributed by atoms with Gasteiger partial charge >= 0.3 is 0 Å². The molecule has 0 bridgehead atoms. The van der Waals surface area contributed by atoms with Gasteiger partial charge < -0.3 is 9.64 Å². The van der Waals surface area contributed by atoms with E-state index in [1.54, 1.807) is 7.11 Å². The topological polar surface area (TPSA) is 43.2 Å². The van der Waals surface area contributed by atoms with Crippen molar-refractivity contribution in [1.29, 1.82) is 0 Å². The van der Waals surface area contributed by atoms with E-state index in [2.05, 4.69) is 60.6 Å². The molecule has 0 aliphatic carbocycles. The zero-order valence-electron chi connectivity index (χ0n) is 23.0. The summed E-state index contributed by atoms with van der Waals surface area (Å²) in [7, 11) is 3.65. The molecule has 2 heterocycles. The van der Waals surface area contributed by atoms with Gasteiger partial charge in [-0.3, -0.25) is 9.67 Å². The molecule has 0 saturated heterocycles. The van der Waals surface area contributed by atoms with Crippen LogP contribution in [0.3, 0.4) is 0 Å². The van der Waals surface area contributed by atoms with Gasteiger partial charge in [-0.25, -0.2) is 0 Å². The minimum absolute atomic E-state index is 0.779. The van der Waals surface area contributed by atoms with E-state index in [9.17, 15) is 0 Å². The highest BCUT2D eigenvalue weighted by molar-refractivity contribution is 6.12. The fraction of sp³-hybridized carbons (Fsp3) is 0.419. The molecular formula is C31H42N4O. The van der Waals surface area contributed by atoms with Crippen molar-refractivity contribution in [1.82, 2.24) is 19.7 Å². The van der Waals surface area contributed by atoms with Gasteiger partial charge in [0.15, 0.2) is 0 Å². The Morgan fingerprint density at radius 2 is 1.81 bits per heavy atom. The summed E-state index contributed by atoms with van der Waals surface area (Å²) in [6.07, 6.45) is 8.52. The number of fused-ring (bicyclic) bond motifs is 3. The molecule has 0 atom stereocenters. The van der Waals surface area contributed by atoms with Crippen LogP contribution in [0.1, 0.15) is 58.1 Å². The van der Waals surface area contributed by atoms with Crippen molar-refractivity contribution in [2.45, 2.75) is 53.4 Å². The highest BCUT2D eigenvalue weighted by Gasteiger charge is 2.16. The fourth-order valence-corrected chi connectivity index (χ4v) is 4.75. The Labute approximate surface area is 216 Å². The van der Waals surface area contributed by atoms with E-state index in [4.69, 9.17) is 9.84 Å². The number of ether oxygens (including phenoxy) is 1. The van der Waals surface area contributed by atoms with Crippen LogP contribution in [0.15, 0.2) is 49.2 Å². The monoisotopic (exact) mass is 486 g/mol. The van der Waals surface area contributed by atoms with Crippen molar-refractivity contribution in [3.63, 3.8) is 0 Å². The van der Waals surface area contributed by atoms with Crippen LogP contribution in [0, 0.1) is 0 Å². The van der Waals surface area contributed by atoms with E-state index in [0.29, 0.717) is 0 Å². The maximum Gasteiger partial charge on any atom is 0.128 e. The maximum atomic E-state index is 5.53. The minimum atomic E-state index is 0.779. The van der Waals surface area contributed by atoms with Gasteiger partial charge in [-0.05, 0) is 56.9 Å². The van der Waals surface area contributed by atoms with Crippen LogP contribution >= 0.6 is 0 Å². The summed E-state index contributed by atoms with van der Waals surface area (Å²) in [6, 6.07) is 13.0. The van der Waals surface area contributed by atoms with Crippen molar-refractivity contribution in [2.75, 3.05) is 26.7 Å². The number of unbranched alkanes of at least 4 members (excludes halogenated alkanes) is 1. The standard InChI is InChI=1S/C29H36N4O.C2H6/c1-6-16-33(8-3)17-10-9-11-21-12-14-23(15-13-21)29-28-24-18-22(7-2)27(34-5)19-25(24)30-20-26(28)32(4)31-29;1-2/h7,12-15,18-20H,2,6,8-11,16-17H2,1,3-5H3;1-2H3. The molecule has 2 aromatic carbocycles. The second-order valence-electron chi connectivity index (χ2n) is 8.89. The van der Waals surface area contributed by atoms with Gasteiger partial charge in [0, 0.05) is 35.0 Å². The molecule has 5 heteroatoms. The Balaban J connectivity index is 0.00000176. The number of benzene rings is 2. The molecule has 0 amide bonds. The van der Waals surface area contributed by atoms with E-state index in [1.807, 2.05) is 43.9 Å². The zero-order chi connectivity index (χ0) is 26.1. The van der Waals surface area contributed by atoms with Crippen LogP contribution < -0.4 is 4.74 Å². The molecule has 0 N–H and O–H groups in total. The lowest BCUT2D eigenvalue weighted by atomic mass is 10.00. The van der Waals surface area contributed by atoms with Crippen molar-refractivity contribution < 1.29 is 4.74 Å². The Kier molecular flexibility index (Phi) is 10.1. The SMILES string of the molecule is C=Cc1cc2c(cc1OC)ncc1c2c(-c2ccc(CCCCN(CC)CCC)cc2)nn1C.CC. The first-order chi connectivity index (χ1) is 17.6. The third kappa shape index (κ3) is 5.96. The number of hydrogen-bond acceptors (Lipinski definition) is 4. The van der Waals surface area contributed by atoms with Gasteiger partial charge in [0.2, 0.25) is 0 Å². The Morgan fingerprint density at radius 1 is 1.06 bits per heavy atom. The first kappa shape index (κ1) is 27.4. The lowest BCUT2D eigenvalue weighted by molar-refractivity contribution is 0.282. The molecular weight excluding hydrogens is 444 g/mol. The summed E-state index contributed by atoms with van der Waals surface area (Å²) < 4.78 is 7.44. The normalized spacial score (nSPS) is 11.1. The third-order valence-electron chi connectivity index (χ3n) is 6.66. The summed E-state index contributed by atoms with van der Waals surface area (Å²) >= 11 is 0. The van der Waals surface area contributed by atoms with Crippen molar-refractivity contribution >= 4 is 27.9 Å². The van der Waals surface area contributed by atoms with Crippen LogP contribution in [0.2, 0.25) is 0 Å². The van der Waals surface area contributed by atoms with Gasteiger partial charge in [-0.15, -0.1) is 0 Å². The molecule has 4 rings (SSSR count). The average Bonchev–Trinajstić information content (AvgIpc) is 3.27. The van der Waals surface area contributed by atoms with Gasteiger partial charge in [0.25, 0.3) is 0 Å². The molecule has 0 unspecified atom stereocenters. The van der Waals surface area contributed by atoms with Crippen LogP contribution in [0.4, 0.5) is 0 Å². The van der Waals surface area contributed by atoms with Crippen molar-refractivity contribution in [2.24, 2.45) is 7.05 Å². The average molecular weight is 487 g/mol. The maximum absolute atomic E-state index is 5.53. The number of aromatic nitrogens is 3. The molecule has 5 nitrogen and oxygen atoms in total. The summed E-state index contributed by atoms with van der Waals surface area (Å²) in [5.74, 6) is 0.779. The van der Waals surface area contributed by atoms with E-state index in [1.165, 1.54) is 37.9 Å². The Morgan fingerprint density at radius 3 is 2.44 bits per heavy atom. The lowest BCUT2D eigenvalue weighted by Crippen LogP contribution is -2.25. The molecule has 0 spiro atoms. The van der Waals surface area contributed by atoms with Crippen LogP contribution in [-0.2, 0) is 13.5 Å². The first-order valence-corrected chi connectivity index (χ1v) is 13.4. The number of hydrogen-bond donors (Lipinski definition) is 0. The summed E-state index contributed by atoms with van der Waals surface area (Å²) in [5, 5.41) is 7.05. The molecule has 0 saturated carbocycles.